The summed E-state index contributed by atoms with van der Waals surface area (Å²) in [6.07, 6.45) is 6.40. The van der Waals surface area contributed by atoms with E-state index in [9.17, 15) is 0 Å². The summed E-state index contributed by atoms with van der Waals surface area (Å²) in [6.45, 7) is 2.30. The molecule has 4 nitrogen and oxygen atoms in total. The van der Waals surface area contributed by atoms with Gasteiger partial charge in [0.05, 0.1) is 11.1 Å². The molecule has 100 valence electrons. The van der Waals surface area contributed by atoms with Crippen LogP contribution in [0.4, 0.5) is 5.82 Å². The highest BCUT2D eigenvalue weighted by Crippen LogP contribution is 2.38. The maximum absolute atomic E-state index is 5.99. The zero-order valence-corrected chi connectivity index (χ0v) is 11.5. The average molecular weight is 269 g/mol. The van der Waals surface area contributed by atoms with Crippen molar-refractivity contribution in [2.24, 2.45) is 17.7 Å². The number of aromatic nitrogens is 1. The summed E-state index contributed by atoms with van der Waals surface area (Å²) in [5.74, 6) is 7.55. The Morgan fingerprint density at radius 1 is 1.39 bits per heavy atom. The zero-order valence-electron chi connectivity index (χ0n) is 10.7. The highest BCUT2D eigenvalue weighted by molar-refractivity contribution is 6.30. The van der Waals surface area contributed by atoms with Crippen molar-refractivity contribution in [2.45, 2.75) is 38.6 Å². The smallest absolute Gasteiger partial charge is 0.128 e. The monoisotopic (exact) mass is 268 g/mol. The fourth-order valence-electron chi connectivity index (χ4n) is 2.81. The minimum atomic E-state index is 0.0451. The Morgan fingerprint density at radius 3 is 2.67 bits per heavy atom. The summed E-state index contributed by atoms with van der Waals surface area (Å²) in [4.78, 5) is 4.11. The second-order valence-electron chi connectivity index (χ2n) is 5.29. The lowest BCUT2D eigenvalue weighted by Crippen LogP contribution is -2.35. The molecule has 0 radical (unpaired) electrons. The molecule has 1 aromatic rings. The molecule has 1 aliphatic rings. The number of halogens is 1. The largest absolute Gasteiger partial charge is 0.383 e. The second-order valence-corrected chi connectivity index (χ2v) is 5.73. The number of anilines is 1. The van der Waals surface area contributed by atoms with Crippen LogP contribution in [0.15, 0.2) is 12.3 Å². The Morgan fingerprint density at radius 2 is 2.06 bits per heavy atom. The van der Waals surface area contributed by atoms with E-state index in [1.807, 2.05) is 6.07 Å². The van der Waals surface area contributed by atoms with E-state index >= 15 is 0 Å². The van der Waals surface area contributed by atoms with E-state index in [0.29, 0.717) is 16.8 Å². The first-order valence-electron chi connectivity index (χ1n) is 6.49. The van der Waals surface area contributed by atoms with E-state index in [0.717, 1.165) is 11.5 Å². The Bertz CT molecular complexity index is 402. The molecule has 1 fully saturated rings. The zero-order chi connectivity index (χ0) is 13.1. The SMILES string of the molecule is CC1CCC(C(NN)c2cc(Cl)cnc2N)CC1. The molecule has 1 atom stereocenters. The van der Waals surface area contributed by atoms with Crippen molar-refractivity contribution in [3.8, 4) is 0 Å². The number of nitrogen functional groups attached to an aromatic ring is 1. The first-order valence-corrected chi connectivity index (χ1v) is 6.86. The van der Waals surface area contributed by atoms with Crippen molar-refractivity contribution in [3.63, 3.8) is 0 Å². The van der Waals surface area contributed by atoms with Crippen LogP contribution < -0.4 is 17.0 Å². The highest BCUT2D eigenvalue weighted by Gasteiger charge is 2.28. The summed E-state index contributed by atoms with van der Waals surface area (Å²) >= 11 is 5.99. The van der Waals surface area contributed by atoms with Crippen molar-refractivity contribution in [2.75, 3.05) is 5.73 Å². The van der Waals surface area contributed by atoms with Crippen LogP contribution in [0.2, 0.25) is 5.02 Å². The van der Waals surface area contributed by atoms with Crippen LogP contribution in [0.25, 0.3) is 0 Å². The Balaban J connectivity index is 2.19. The second kappa shape index (κ2) is 5.87. The first kappa shape index (κ1) is 13.6. The van der Waals surface area contributed by atoms with E-state index in [1.165, 1.54) is 25.7 Å². The minimum absolute atomic E-state index is 0.0451. The predicted molar refractivity (Wildman–Crippen MR) is 74.8 cm³/mol. The molecule has 1 aliphatic carbocycles. The van der Waals surface area contributed by atoms with Gasteiger partial charge in [0.15, 0.2) is 0 Å². The molecule has 0 aliphatic heterocycles. The standard InChI is InChI=1S/C13H21ClN4/c1-8-2-4-9(5-3-8)12(18-16)11-6-10(14)7-17-13(11)15/h6-9,12,18H,2-5,16H2,1H3,(H2,15,17). The minimum Gasteiger partial charge on any atom is -0.383 e. The number of rotatable bonds is 3. The van der Waals surface area contributed by atoms with Crippen LogP contribution in [0.1, 0.15) is 44.2 Å². The summed E-state index contributed by atoms with van der Waals surface area (Å²) in [5.41, 5.74) is 9.75. The summed E-state index contributed by atoms with van der Waals surface area (Å²) in [7, 11) is 0. The van der Waals surface area contributed by atoms with E-state index in [2.05, 4.69) is 17.3 Å². The van der Waals surface area contributed by atoms with E-state index in [4.69, 9.17) is 23.2 Å². The molecule has 5 heteroatoms. The van der Waals surface area contributed by atoms with Gasteiger partial charge in [-0.2, -0.15) is 0 Å². The lowest BCUT2D eigenvalue weighted by molar-refractivity contribution is 0.232. The molecule has 1 saturated carbocycles. The molecule has 1 heterocycles. The van der Waals surface area contributed by atoms with Gasteiger partial charge in [-0.15, -0.1) is 0 Å². The number of hydrogen-bond acceptors (Lipinski definition) is 4. The normalized spacial score (nSPS) is 25.9. The van der Waals surface area contributed by atoms with Gasteiger partial charge in [-0.3, -0.25) is 11.3 Å². The number of hydrogen-bond donors (Lipinski definition) is 3. The molecule has 1 unspecified atom stereocenters. The Labute approximate surface area is 113 Å². The van der Waals surface area contributed by atoms with Gasteiger partial charge in [0, 0.05) is 11.8 Å². The van der Waals surface area contributed by atoms with Crippen LogP contribution in [0.3, 0.4) is 0 Å². The Kier molecular flexibility index (Phi) is 4.43. The summed E-state index contributed by atoms with van der Waals surface area (Å²) in [6, 6.07) is 1.91. The van der Waals surface area contributed by atoms with Crippen LogP contribution >= 0.6 is 11.6 Å². The molecule has 0 aromatic carbocycles. The average Bonchev–Trinajstić information content (AvgIpc) is 2.37. The van der Waals surface area contributed by atoms with Crippen molar-refractivity contribution < 1.29 is 0 Å². The van der Waals surface area contributed by atoms with Gasteiger partial charge >= 0.3 is 0 Å². The molecule has 0 amide bonds. The first-order chi connectivity index (χ1) is 8.61. The van der Waals surface area contributed by atoms with Crippen molar-refractivity contribution in [1.29, 1.82) is 0 Å². The maximum Gasteiger partial charge on any atom is 0.128 e. The quantitative estimate of drug-likeness (QED) is 0.582. The Hall–Kier alpha value is -0.840. The topological polar surface area (TPSA) is 77.0 Å². The third kappa shape index (κ3) is 2.94. The molecular formula is C13H21ClN4. The van der Waals surface area contributed by atoms with Gasteiger partial charge in [-0.1, -0.05) is 31.4 Å². The lowest BCUT2D eigenvalue weighted by atomic mass is 9.77. The van der Waals surface area contributed by atoms with Gasteiger partial charge in [-0.05, 0) is 30.7 Å². The predicted octanol–water partition coefficient (Wildman–Crippen LogP) is 2.65. The molecule has 2 rings (SSSR count). The third-order valence-electron chi connectivity index (χ3n) is 3.96. The summed E-state index contributed by atoms with van der Waals surface area (Å²) < 4.78 is 0. The number of nitrogens with one attached hydrogen (secondary N) is 1. The number of nitrogens with two attached hydrogens (primary N) is 2. The van der Waals surface area contributed by atoms with Gasteiger partial charge < -0.3 is 5.73 Å². The van der Waals surface area contributed by atoms with E-state index in [-0.39, 0.29) is 6.04 Å². The van der Waals surface area contributed by atoms with Gasteiger partial charge in [0.2, 0.25) is 0 Å². The maximum atomic E-state index is 5.99. The molecule has 1 aromatic heterocycles. The van der Waals surface area contributed by atoms with E-state index in [1.54, 1.807) is 6.20 Å². The molecule has 0 bridgehead atoms. The number of hydrazine groups is 1. The lowest BCUT2D eigenvalue weighted by Gasteiger charge is -2.32. The number of nitrogens with zero attached hydrogens (tertiary/aromatic N) is 1. The molecule has 0 saturated heterocycles. The van der Waals surface area contributed by atoms with Crippen molar-refractivity contribution in [3.05, 3.63) is 22.8 Å². The fourth-order valence-corrected chi connectivity index (χ4v) is 2.98. The highest BCUT2D eigenvalue weighted by atomic mass is 35.5. The van der Waals surface area contributed by atoms with Crippen LogP contribution in [0, 0.1) is 11.8 Å². The fraction of sp³-hybridized carbons (Fsp3) is 0.615. The van der Waals surface area contributed by atoms with E-state index < -0.39 is 0 Å². The molecular weight excluding hydrogens is 248 g/mol. The van der Waals surface area contributed by atoms with Gasteiger partial charge in [-0.25, -0.2) is 4.98 Å². The van der Waals surface area contributed by atoms with Crippen molar-refractivity contribution >= 4 is 17.4 Å². The molecule has 18 heavy (non-hydrogen) atoms. The third-order valence-corrected chi connectivity index (χ3v) is 4.17. The molecule has 0 spiro atoms. The molecule has 5 N–H and O–H groups in total. The van der Waals surface area contributed by atoms with Crippen molar-refractivity contribution in [1.82, 2.24) is 10.4 Å². The van der Waals surface area contributed by atoms with Crippen LogP contribution in [0.5, 0.6) is 0 Å². The van der Waals surface area contributed by atoms with Gasteiger partial charge in [0.25, 0.3) is 0 Å². The number of pyridine rings is 1. The van der Waals surface area contributed by atoms with Crippen LogP contribution in [-0.4, -0.2) is 4.98 Å². The van der Waals surface area contributed by atoms with Crippen LogP contribution in [-0.2, 0) is 0 Å². The van der Waals surface area contributed by atoms with Gasteiger partial charge in [0.1, 0.15) is 5.82 Å². The summed E-state index contributed by atoms with van der Waals surface area (Å²) in [5, 5.41) is 0.601.